The molecule has 0 radical (unpaired) electrons. The molecule has 0 saturated carbocycles. The minimum Gasteiger partial charge on any atom is -0.476 e. The van der Waals surface area contributed by atoms with Gasteiger partial charge in [-0.05, 0) is 12.3 Å². The van der Waals surface area contributed by atoms with Gasteiger partial charge in [0.25, 0.3) is 0 Å². The predicted octanol–water partition coefficient (Wildman–Crippen LogP) is 1.97. The Morgan fingerprint density at radius 2 is 2.20 bits per heavy atom. The Balaban J connectivity index is 1.91. The maximum absolute atomic E-state index is 10.6. The van der Waals surface area contributed by atoms with Gasteiger partial charge in [0.05, 0.1) is 24.6 Å². The second-order valence-corrected chi connectivity index (χ2v) is 4.83. The first kappa shape index (κ1) is 14.0. The number of carboxylic acid groups (broad SMARTS) is 1. The summed E-state index contributed by atoms with van der Waals surface area (Å²) in [6.07, 6.45) is 3.45. The molecule has 2 N–H and O–H groups in total. The SMILES string of the molecule is CC(C)Cc1cc(CNc2cnc(C(=O)O)cn2)on1. The van der Waals surface area contributed by atoms with Crippen LogP contribution in [0.5, 0.6) is 0 Å². The van der Waals surface area contributed by atoms with E-state index in [1.54, 1.807) is 0 Å². The van der Waals surface area contributed by atoms with Crippen molar-refractivity contribution in [3.8, 4) is 0 Å². The third-order valence-corrected chi connectivity index (χ3v) is 2.54. The lowest BCUT2D eigenvalue weighted by molar-refractivity contribution is 0.0690. The van der Waals surface area contributed by atoms with Gasteiger partial charge in [-0.3, -0.25) is 0 Å². The fraction of sp³-hybridized carbons (Fsp3) is 0.385. The van der Waals surface area contributed by atoms with Crippen molar-refractivity contribution in [2.45, 2.75) is 26.8 Å². The van der Waals surface area contributed by atoms with Crippen molar-refractivity contribution >= 4 is 11.8 Å². The van der Waals surface area contributed by atoms with Crippen LogP contribution in [0.1, 0.15) is 35.8 Å². The zero-order valence-corrected chi connectivity index (χ0v) is 11.3. The van der Waals surface area contributed by atoms with Gasteiger partial charge in [0.2, 0.25) is 0 Å². The van der Waals surface area contributed by atoms with Gasteiger partial charge in [-0.1, -0.05) is 19.0 Å². The normalized spacial score (nSPS) is 10.8. The lowest BCUT2D eigenvalue weighted by Gasteiger charge is -2.02. The molecule has 0 aromatic carbocycles. The number of nitrogens with one attached hydrogen (secondary N) is 1. The molecule has 0 spiro atoms. The van der Waals surface area contributed by atoms with E-state index in [1.165, 1.54) is 12.4 Å². The van der Waals surface area contributed by atoms with E-state index in [1.807, 2.05) is 6.07 Å². The third-order valence-electron chi connectivity index (χ3n) is 2.54. The van der Waals surface area contributed by atoms with Gasteiger partial charge < -0.3 is 14.9 Å². The Morgan fingerprint density at radius 1 is 1.40 bits per heavy atom. The Bertz CT molecular complexity index is 578. The van der Waals surface area contributed by atoms with Gasteiger partial charge in [-0.25, -0.2) is 14.8 Å². The molecule has 0 fully saturated rings. The fourth-order valence-electron chi connectivity index (χ4n) is 1.66. The summed E-state index contributed by atoms with van der Waals surface area (Å²) in [6, 6.07) is 1.89. The van der Waals surface area contributed by atoms with Gasteiger partial charge >= 0.3 is 5.97 Å². The van der Waals surface area contributed by atoms with Crippen LogP contribution >= 0.6 is 0 Å². The van der Waals surface area contributed by atoms with Crippen LogP contribution in [0.2, 0.25) is 0 Å². The zero-order chi connectivity index (χ0) is 14.5. The molecule has 106 valence electrons. The third kappa shape index (κ3) is 3.78. The maximum atomic E-state index is 10.6. The first-order valence-corrected chi connectivity index (χ1v) is 6.28. The summed E-state index contributed by atoms with van der Waals surface area (Å²) in [7, 11) is 0. The van der Waals surface area contributed by atoms with Crippen molar-refractivity contribution in [3.05, 3.63) is 35.6 Å². The highest BCUT2D eigenvalue weighted by atomic mass is 16.5. The number of aromatic carboxylic acids is 1. The number of carboxylic acids is 1. The first-order valence-electron chi connectivity index (χ1n) is 6.28. The number of carbonyl (C=O) groups is 1. The second-order valence-electron chi connectivity index (χ2n) is 4.83. The zero-order valence-electron chi connectivity index (χ0n) is 11.3. The van der Waals surface area contributed by atoms with E-state index >= 15 is 0 Å². The van der Waals surface area contributed by atoms with Crippen molar-refractivity contribution < 1.29 is 14.4 Å². The Morgan fingerprint density at radius 3 is 2.80 bits per heavy atom. The molecule has 0 aliphatic rings. The topological polar surface area (TPSA) is 101 Å². The molecule has 2 aromatic rings. The summed E-state index contributed by atoms with van der Waals surface area (Å²) in [5.74, 6) is 0.606. The molecular weight excluding hydrogens is 260 g/mol. The summed E-state index contributed by atoms with van der Waals surface area (Å²) < 4.78 is 5.19. The number of hydrogen-bond acceptors (Lipinski definition) is 6. The molecule has 7 heteroatoms. The molecule has 0 bridgehead atoms. The van der Waals surface area contributed by atoms with E-state index in [9.17, 15) is 4.79 Å². The highest BCUT2D eigenvalue weighted by Crippen LogP contribution is 2.10. The quantitative estimate of drug-likeness (QED) is 0.831. The highest BCUT2D eigenvalue weighted by Gasteiger charge is 2.07. The molecule has 2 heterocycles. The van der Waals surface area contributed by atoms with Crippen molar-refractivity contribution in [1.29, 1.82) is 0 Å². The number of anilines is 1. The van der Waals surface area contributed by atoms with Gasteiger partial charge in [0.1, 0.15) is 5.82 Å². The molecule has 2 rings (SSSR count). The lowest BCUT2D eigenvalue weighted by Crippen LogP contribution is -2.05. The van der Waals surface area contributed by atoms with Crippen LogP contribution in [0.15, 0.2) is 23.0 Å². The predicted molar refractivity (Wildman–Crippen MR) is 71.4 cm³/mol. The number of nitrogens with zero attached hydrogens (tertiary/aromatic N) is 3. The fourth-order valence-corrected chi connectivity index (χ4v) is 1.66. The van der Waals surface area contributed by atoms with Crippen LogP contribution in [0.4, 0.5) is 5.82 Å². The maximum Gasteiger partial charge on any atom is 0.356 e. The lowest BCUT2D eigenvalue weighted by atomic mass is 10.1. The van der Waals surface area contributed by atoms with Gasteiger partial charge in [0.15, 0.2) is 11.5 Å². The van der Waals surface area contributed by atoms with Crippen LogP contribution in [0.3, 0.4) is 0 Å². The van der Waals surface area contributed by atoms with Crippen LogP contribution in [-0.4, -0.2) is 26.2 Å². The van der Waals surface area contributed by atoms with Crippen molar-refractivity contribution in [2.24, 2.45) is 5.92 Å². The largest absolute Gasteiger partial charge is 0.476 e. The van der Waals surface area contributed by atoms with Crippen LogP contribution in [-0.2, 0) is 13.0 Å². The molecule has 0 amide bonds. The van der Waals surface area contributed by atoms with E-state index in [0.29, 0.717) is 24.0 Å². The average molecular weight is 276 g/mol. The van der Waals surface area contributed by atoms with Crippen LogP contribution in [0, 0.1) is 5.92 Å². The Hall–Kier alpha value is -2.44. The minimum absolute atomic E-state index is 0.0885. The summed E-state index contributed by atoms with van der Waals surface area (Å²) in [6.45, 7) is 4.66. The minimum atomic E-state index is -1.10. The van der Waals surface area contributed by atoms with Crippen LogP contribution < -0.4 is 5.32 Å². The highest BCUT2D eigenvalue weighted by molar-refractivity contribution is 5.84. The Kier molecular flexibility index (Phi) is 4.29. The van der Waals surface area contributed by atoms with E-state index < -0.39 is 5.97 Å². The summed E-state index contributed by atoms with van der Waals surface area (Å²) in [5, 5.41) is 15.7. The van der Waals surface area contributed by atoms with Crippen LogP contribution in [0.25, 0.3) is 0 Å². The number of hydrogen-bond donors (Lipinski definition) is 2. The average Bonchev–Trinajstić information content (AvgIpc) is 2.83. The molecule has 0 atom stereocenters. The summed E-state index contributed by atoms with van der Waals surface area (Å²) >= 11 is 0. The molecule has 0 saturated heterocycles. The smallest absolute Gasteiger partial charge is 0.356 e. The van der Waals surface area contributed by atoms with Crippen molar-refractivity contribution in [1.82, 2.24) is 15.1 Å². The number of rotatable bonds is 6. The second kappa shape index (κ2) is 6.14. The summed E-state index contributed by atoms with van der Waals surface area (Å²) in [5.41, 5.74) is 0.832. The van der Waals surface area contributed by atoms with Gasteiger partial charge in [-0.15, -0.1) is 0 Å². The van der Waals surface area contributed by atoms with E-state index in [-0.39, 0.29) is 5.69 Å². The first-order chi connectivity index (χ1) is 9.54. The summed E-state index contributed by atoms with van der Waals surface area (Å²) in [4.78, 5) is 18.4. The van der Waals surface area contributed by atoms with Crippen molar-refractivity contribution in [3.63, 3.8) is 0 Å². The van der Waals surface area contributed by atoms with E-state index in [0.717, 1.165) is 12.1 Å². The molecule has 2 aromatic heterocycles. The van der Waals surface area contributed by atoms with Gasteiger partial charge in [-0.2, -0.15) is 0 Å². The molecule has 0 aliphatic carbocycles. The van der Waals surface area contributed by atoms with E-state index in [4.69, 9.17) is 9.63 Å². The van der Waals surface area contributed by atoms with Gasteiger partial charge in [0, 0.05) is 6.07 Å². The molecular formula is C13H16N4O3. The molecule has 0 aliphatic heterocycles. The Labute approximate surface area is 116 Å². The standard InChI is InChI=1S/C13H16N4O3/c1-8(2)3-9-4-10(20-17-9)5-15-12-7-14-11(6-16-12)13(18)19/h4,6-8H,3,5H2,1-2H3,(H,15,16)(H,18,19). The molecule has 7 nitrogen and oxygen atoms in total. The molecule has 0 unspecified atom stereocenters. The van der Waals surface area contributed by atoms with Crippen molar-refractivity contribution in [2.75, 3.05) is 5.32 Å². The van der Waals surface area contributed by atoms with E-state index in [2.05, 4.69) is 34.3 Å². The molecule has 20 heavy (non-hydrogen) atoms. The number of aromatic nitrogens is 3. The monoisotopic (exact) mass is 276 g/mol.